The summed E-state index contributed by atoms with van der Waals surface area (Å²) in [5.41, 5.74) is 2.81. The molecule has 2 aromatic carbocycles. The van der Waals surface area contributed by atoms with Crippen LogP contribution in [-0.4, -0.2) is 21.6 Å². The van der Waals surface area contributed by atoms with Gasteiger partial charge in [0.05, 0.1) is 5.39 Å². The van der Waals surface area contributed by atoms with E-state index >= 15 is 0 Å². The minimum Gasteiger partial charge on any atom is -0.508 e. The maximum Gasteiger partial charge on any atom is 0.149 e. The predicted molar refractivity (Wildman–Crippen MR) is 89.2 cm³/mol. The Balaban J connectivity index is 1.82. The summed E-state index contributed by atoms with van der Waals surface area (Å²) in [4.78, 5) is 7.84. The number of anilines is 1. The highest BCUT2D eigenvalue weighted by Gasteiger charge is 2.12. The highest BCUT2D eigenvalue weighted by molar-refractivity contribution is 5.89. The third-order valence-electron chi connectivity index (χ3n) is 4.03. The number of nitrogens with one attached hydrogen (secondary N) is 1. The van der Waals surface area contributed by atoms with Crippen molar-refractivity contribution in [1.82, 2.24) is 9.97 Å². The number of hydrogen-bond acceptors (Lipinski definition) is 4. The molecule has 2 N–H and O–H groups in total. The topological polar surface area (TPSA) is 58.0 Å². The van der Waals surface area contributed by atoms with Crippen molar-refractivity contribution in [3.63, 3.8) is 0 Å². The van der Waals surface area contributed by atoms with Crippen LogP contribution in [0.25, 0.3) is 10.9 Å². The number of aromatic hydroxyl groups is 1. The second-order valence-corrected chi connectivity index (χ2v) is 5.72. The number of nitrogens with zero attached hydrogens (tertiary/aromatic N) is 2. The van der Waals surface area contributed by atoms with Gasteiger partial charge in [-0.15, -0.1) is 0 Å². The lowest BCUT2D eigenvalue weighted by Crippen LogP contribution is -2.09. The van der Waals surface area contributed by atoms with E-state index in [-0.39, 0.29) is 22.5 Å². The third kappa shape index (κ3) is 2.99. The molecule has 3 aromatic rings. The van der Waals surface area contributed by atoms with E-state index in [9.17, 15) is 13.9 Å². The number of rotatable bonds is 4. The molecule has 1 heterocycles. The Kier molecular flexibility index (Phi) is 4.29. The molecule has 0 unspecified atom stereocenters. The Morgan fingerprint density at radius 2 is 1.79 bits per heavy atom. The number of benzene rings is 2. The van der Waals surface area contributed by atoms with E-state index in [4.69, 9.17) is 0 Å². The van der Waals surface area contributed by atoms with Crippen LogP contribution in [0.1, 0.15) is 16.7 Å². The van der Waals surface area contributed by atoms with Crippen LogP contribution in [0.5, 0.6) is 5.75 Å². The molecule has 0 bridgehead atoms. The van der Waals surface area contributed by atoms with E-state index in [2.05, 4.69) is 15.3 Å². The highest BCUT2D eigenvalue weighted by Crippen LogP contribution is 2.25. The maximum atomic E-state index is 14.0. The molecule has 0 amide bonds. The monoisotopic (exact) mass is 329 g/mol. The van der Waals surface area contributed by atoms with E-state index in [1.54, 1.807) is 6.07 Å². The number of phenolic OH excluding ortho intramolecular Hbond substituents is 1. The summed E-state index contributed by atoms with van der Waals surface area (Å²) in [6.45, 7) is 4.25. The van der Waals surface area contributed by atoms with Crippen LogP contribution in [0.3, 0.4) is 0 Å². The van der Waals surface area contributed by atoms with Gasteiger partial charge in [0.1, 0.15) is 35.0 Å². The third-order valence-corrected chi connectivity index (χ3v) is 4.03. The lowest BCUT2D eigenvalue weighted by molar-refractivity contribution is 0.470. The summed E-state index contributed by atoms with van der Waals surface area (Å²) in [6.07, 6.45) is 1.87. The molecular formula is C18H17F2N3O. The fraction of sp³-hybridized carbons (Fsp3) is 0.222. The minimum absolute atomic E-state index is 0.0378. The van der Waals surface area contributed by atoms with E-state index < -0.39 is 11.6 Å². The minimum atomic E-state index is -0.582. The van der Waals surface area contributed by atoms with Crippen molar-refractivity contribution in [2.45, 2.75) is 20.3 Å². The molecule has 0 saturated carbocycles. The number of aromatic nitrogens is 2. The molecule has 0 radical (unpaired) electrons. The van der Waals surface area contributed by atoms with E-state index in [1.165, 1.54) is 6.33 Å². The van der Waals surface area contributed by atoms with Gasteiger partial charge in [0.15, 0.2) is 0 Å². The van der Waals surface area contributed by atoms with Gasteiger partial charge in [0, 0.05) is 6.54 Å². The first kappa shape index (κ1) is 16.1. The Labute approximate surface area is 138 Å². The van der Waals surface area contributed by atoms with Crippen molar-refractivity contribution in [3.8, 4) is 5.75 Å². The van der Waals surface area contributed by atoms with Crippen LogP contribution in [0.2, 0.25) is 0 Å². The zero-order valence-electron chi connectivity index (χ0n) is 13.4. The molecule has 0 atom stereocenters. The van der Waals surface area contributed by atoms with Gasteiger partial charge < -0.3 is 10.4 Å². The Bertz CT molecular complexity index is 912. The molecule has 0 aliphatic rings. The fourth-order valence-corrected chi connectivity index (χ4v) is 2.68. The number of aryl methyl sites for hydroxylation is 2. The predicted octanol–water partition coefficient (Wildman–Crippen LogP) is 3.89. The molecule has 0 fully saturated rings. The summed E-state index contributed by atoms with van der Waals surface area (Å²) < 4.78 is 27.8. The van der Waals surface area contributed by atoms with Crippen LogP contribution in [-0.2, 0) is 6.42 Å². The zero-order chi connectivity index (χ0) is 17.3. The average molecular weight is 329 g/mol. The quantitative estimate of drug-likeness (QED) is 0.762. The van der Waals surface area contributed by atoms with Gasteiger partial charge in [-0.1, -0.05) is 6.07 Å². The van der Waals surface area contributed by atoms with Crippen LogP contribution in [0.4, 0.5) is 14.6 Å². The largest absolute Gasteiger partial charge is 0.508 e. The fourth-order valence-electron chi connectivity index (χ4n) is 2.68. The van der Waals surface area contributed by atoms with Gasteiger partial charge in [-0.05, 0) is 55.2 Å². The number of halogens is 2. The number of hydrogen-bond donors (Lipinski definition) is 2. The average Bonchev–Trinajstić information content (AvgIpc) is 2.56. The summed E-state index contributed by atoms with van der Waals surface area (Å²) in [6, 6.07) is 5.77. The SMILES string of the molecule is Cc1cc(CCNc2ncnc3c(F)ccc(F)c23)c(C)cc1O. The van der Waals surface area contributed by atoms with Gasteiger partial charge in [-0.2, -0.15) is 0 Å². The summed E-state index contributed by atoms with van der Waals surface area (Å²) in [5, 5.41) is 12.8. The van der Waals surface area contributed by atoms with E-state index in [1.807, 2.05) is 19.9 Å². The van der Waals surface area contributed by atoms with Gasteiger partial charge >= 0.3 is 0 Å². The molecular weight excluding hydrogens is 312 g/mol. The van der Waals surface area contributed by atoms with Crippen molar-refractivity contribution >= 4 is 16.7 Å². The van der Waals surface area contributed by atoms with Crippen LogP contribution in [0.15, 0.2) is 30.6 Å². The standard InChI is InChI=1S/C18H17F2N3O/c1-10-8-15(24)11(2)7-12(10)5-6-21-18-16-13(19)3-4-14(20)17(16)22-9-23-18/h3-4,7-9,24H,5-6H2,1-2H3,(H,21,22,23). The summed E-state index contributed by atoms with van der Waals surface area (Å²) in [5.74, 6) is -0.610. The first-order valence-corrected chi connectivity index (χ1v) is 7.59. The molecule has 6 heteroatoms. The van der Waals surface area contributed by atoms with Crippen molar-refractivity contribution in [3.05, 3.63) is 58.9 Å². The molecule has 3 rings (SSSR count). The molecule has 124 valence electrons. The zero-order valence-corrected chi connectivity index (χ0v) is 13.4. The van der Waals surface area contributed by atoms with Gasteiger partial charge in [-0.25, -0.2) is 18.7 Å². The smallest absolute Gasteiger partial charge is 0.149 e. The van der Waals surface area contributed by atoms with E-state index in [0.29, 0.717) is 13.0 Å². The Morgan fingerprint density at radius 1 is 1.04 bits per heavy atom. The molecule has 0 aliphatic heterocycles. The molecule has 0 aliphatic carbocycles. The van der Waals surface area contributed by atoms with Crippen molar-refractivity contribution in [2.75, 3.05) is 11.9 Å². The Morgan fingerprint density at radius 3 is 2.58 bits per heavy atom. The van der Waals surface area contributed by atoms with Gasteiger partial charge in [0.2, 0.25) is 0 Å². The van der Waals surface area contributed by atoms with Crippen molar-refractivity contribution < 1.29 is 13.9 Å². The van der Waals surface area contributed by atoms with Crippen LogP contribution in [0, 0.1) is 25.5 Å². The lowest BCUT2D eigenvalue weighted by atomic mass is 10.0. The van der Waals surface area contributed by atoms with Crippen molar-refractivity contribution in [1.29, 1.82) is 0 Å². The second kappa shape index (κ2) is 6.39. The molecule has 0 spiro atoms. The molecule has 0 saturated heterocycles. The van der Waals surface area contributed by atoms with Crippen LogP contribution >= 0.6 is 0 Å². The molecule has 24 heavy (non-hydrogen) atoms. The van der Waals surface area contributed by atoms with Crippen LogP contribution < -0.4 is 5.32 Å². The highest BCUT2D eigenvalue weighted by atomic mass is 19.1. The normalized spacial score (nSPS) is 11.0. The van der Waals surface area contributed by atoms with Gasteiger partial charge in [-0.3, -0.25) is 0 Å². The summed E-state index contributed by atoms with van der Waals surface area (Å²) in [7, 11) is 0. The van der Waals surface area contributed by atoms with Crippen molar-refractivity contribution in [2.24, 2.45) is 0 Å². The molecule has 1 aromatic heterocycles. The Hall–Kier alpha value is -2.76. The number of phenols is 1. The lowest BCUT2D eigenvalue weighted by Gasteiger charge is -2.12. The first-order valence-electron chi connectivity index (χ1n) is 7.59. The second-order valence-electron chi connectivity index (χ2n) is 5.72. The number of fused-ring (bicyclic) bond motifs is 1. The van der Waals surface area contributed by atoms with E-state index in [0.717, 1.165) is 28.8 Å². The first-order chi connectivity index (χ1) is 11.5. The van der Waals surface area contributed by atoms with Gasteiger partial charge in [0.25, 0.3) is 0 Å². The maximum absolute atomic E-state index is 14.0. The summed E-state index contributed by atoms with van der Waals surface area (Å²) >= 11 is 0. The molecule has 4 nitrogen and oxygen atoms in total.